The molecule has 1 atom stereocenters. The van der Waals surface area contributed by atoms with Gasteiger partial charge in [0.2, 0.25) is 10.0 Å². The van der Waals surface area contributed by atoms with E-state index in [0.29, 0.717) is 48.9 Å². The molecule has 1 amide bonds. The van der Waals surface area contributed by atoms with Crippen LogP contribution in [0, 0.1) is 0 Å². The van der Waals surface area contributed by atoms with Crippen molar-refractivity contribution in [3.05, 3.63) is 53.6 Å². The minimum Gasteiger partial charge on any atom is -0.493 e. The molecule has 3 rings (SSSR count). The molecule has 1 fully saturated rings. The van der Waals surface area contributed by atoms with Gasteiger partial charge in [-0.3, -0.25) is 9.10 Å². The summed E-state index contributed by atoms with van der Waals surface area (Å²) in [7, 11) is -0.0721. The number of sulfonamides is 1. The van der Waals surface area contributed by atoms with Gasteiger partial charge in [0.25, 0.3) is 5.91 Å². The Kier molecular flexibility index (Phi) is 7.40. The Labute approximate surface area is 183 Å². The Morgan fingerprint density at radius 1 is 1.10 bits per heavy atom. The third-order valence-corrected chi connectivity index (χ3v) is 6.97. The van der Waals surface area contributed by atoms with Gasteiger partial charge in [-0.25, -0.2) is 8.42 Å². The molecule has 0 spiro atoms. The fourth-order valence-corrected chi connectivity index (χ4v) is 4.94. The molecule has 0 aromatic heterocycles. The highest BCUT2D eigenvalue weighted by Gasteiger charge is 2.28. The van der Waals surface area contributed by atoms with Crippen molar-refractivity contribution in [1.82, 2.24) is 5.32 Å². The van der Waals surface area contributed by atoms with Gasteiger partial charge >= 0.3 is 0 Å². The quantitative estimate of drug-likeness (QED) is 0.593. The van der Waals surface area contributed by atoms with Crippen molar-refractivity contribution >= 4 is 21.6 Å². The van der Waals surface area contributed by atoms with Gasteiger partial charge in [0.1, 0.15) is 6.61 Å². The van der Waals surface area contributed by atoms with Gasteiger partial charge in [-0.1, -0.05) is 6.07 Å². The average Bonchev–Trinajstić information content (AvgIpc) is 3.13. The van der Waals surface area contributed by atoms with Crippen LogP contribution in [-0.2, 0) is 14.8 Å². The lowest BCUT2D eigenvalue weighted by atomic mass is 10.1. The zero-order chi connectivity index (χ0) is 22.4. The van der Waals surface area contributed by atoms with Crippen LogP contribution in [0.1, 0.15) is 35.3 Å². The lowest BCUT2D eigenvalue weighted by Crippen LogP contribution is -2.27. The van der Waals surface area contributed by atoms with Crippen LogP contribution in [0.15, 0.2) is 42.5 Å². The normalized spacial score (nSPS) is 16.0. The highest BCUT2D eigenvalue weighted by atomic mass is 32.2. The van der Waals surface area contributed by atoms with Gasteiger partial charge in [-0.15, -0.1) is 0 Å². The Balaban J connectivity index is 1.66. The second-order valence-electron chi connectivity index (χ2n) is 7.24. The summed E-state index contributed by atoms with van der Waals surface area (Å²) < 4.78 is 41.5. The predicted molar refractivity (Wildman–Crippen MR) is 118 cm³/mol. The molecule has 8 nitrogen and oxygen atoms in total. The Bertz CT molecular complexity index is 1010. The van der Waals surface area contributed by atoms with Crippen LogP contribution < -0.4 is 19.1 Å². The maximum Gasteiger partial charge on any atom is 0.251 e. The number of nitrogens with one attached hydrogen (secondary N) is 1. The first-order chi connectivity index (χ1) is 14.9. The molecule has 31 heavy (non-hydrogen) atoms. The summed E-state index contributed by atoms with van der Waals surface area (Å²) in [6.07, 6.45) is 0.613. The molecular formula is C22H28N2O6S. The van der Waals surface area contributed by atoms with Crippen molar-refractivity contribution in [2.75, 3.05) is 44.0 Å². The summed E-state index contributed by atoms with van der Waals surface area (Å²) in [5.41, 5.74) is 1.90. The third-order valence-electron chi connectivity index (χ3n) is 5.10. The first kappa shape index (κ1) is 22.9. The second kappa shape index (κ2) is 10.0. The Morgan fingerprint density at radius 2 is 1.84 bits per heavy atom. The molecule has 9 heteroatoms. The van der Waals surface area contributed by atoms with E-state index in [0.717, 1.165) is 5.56 Å². The van der Waals surface area contributed by atoms with Crippen LogP contribution >= 0.6 is 0 Å². The SMILES string of the molecule is COCCOc1ccc(C(C)NC(=O)c2ccc(N3CCCS3(=O)=O)cc2)cc1OC. The van der Waals surface area contributed by atoms with E-state index in [-0.39, 0.29) is 17.7 Å². The highest BCUT2D eigenvalue weighted by Crippen LogP contribution is 2.30. The molecule has 1 N–H and O–H groups in total. The molecule has 1 aliphatic rings. The van der Waals surface area contributed by atoms with Crippen LogP contribution in [0.25, 0.3) is 0 Å². The van der Waals surface area contributed by atoms with Gasteiger partial charge in [0.05, 0.1) is 31.2 Å². The lowest BCUT2D eigenvalue weighted by molar-refractivity contribution is 0.0940. The van der Waals surface area contributed by atoms with E-state index in [1.165, 1.54) is 4.31 Å². The third kappa shape index (κ3) is 5.48. The minimum atomic E-state index is -3.24. The van der Waals surface area contributed by atoms with E-state index in [2.05, 4.69) is 5.32 Å². The van der Waals surface area contributed by atoms with E-state index in [1.54, 1.807) is 44.6 Å². The van der Waals surface area contributed by atoms with Gasteiger partial charge in [0.15, 0.2) is 11.5 Å². The van der Waals surface area contributed by atoms with Crippen molar-refractivity contribution in [2.24, 2.45) is 0 Å². The van der Waals surface area contributed by atoms with E-state index in [4.69, 9.17) is 14.2 Å². The summed E-state index contributed by atoms with van der Waals surface area (Å²) >= 11 is 0. The van der Waals surface area contributed by atoms with Crippen LogP contribution in [0.3, 0.4) is 0 Å². The molecule has 1 unspecified atom stereocenters. The number of anilines is 1. The molecular weight excluding hydrogens is 420 g/mol. The Hall–Kier alpha value is -2.78. The number of benzene rings is 2. The van der Waals surface area contributed by atoms with Gasteiger partial charge in [-0.05, 0) is 55.3 Å². The van der Waals surface area contributed by atoms with Crippen molar-refractivity contribution in [1.29, 1.82) is 0 Å². The molecule has 0 saturated carbocycles. The van der Waals surface area contributed by atoms with Crippen molar-refractivity contribution in [3.8, 4) is 11.5 Å². The van der Waals surface area contributed by atoms with Gasteiger partial charge in [-0.2, -0.15) is 0 Å². The fraction of sp³-hybridized carbons (Fsp3) is 0.409. The smallest absolute Gasteiger partial charge is 0.251 e. The molecule has 0 bridgehead atoms. The highest BCUT2D eigenvalue weighted by molar-refractivity contribution is 7.93. The van der Waals surface area contributed by atoms with Gasteiger partial charge < -0.3 is 19.5 Å². The minimum absolute atomic E-state index is 0.159. The monoisotopic (exact) mass is 448 g/mol. The molecule has 2 aromatic rings. The largest absolute Gasteiger partial charge is 0.493 e. The molecule has 1 aliphatic heterocycles. The fourth-order valence-electron chi connectivity index (χ4n) is 3.38. The maximum atomic E-state index is 12.7. The van der Waals surface area contributed by atoms with Crippen LogP contribution in [0.5, 0.6) is 11.5 Å². The first-order valence-corrected chi connectivity index (χ1v) is 11.7. The number of carbonyl (C=O) groups excluding carboxylic acids is 1. The number of carbonyl (C=O) groups is 1. The molecule has 168 valence electrons. The summed E-state index contributed by atoms with van der Waals surface area (Å²) in [4.78, 5) is 12.7. The van der Waals surface area contributed by atoms with Crippen molar-refractivity contribution < 1.29 is 27.4 Å². The summed E-state index contributed by atoms with van der Waals surface area (Å²) in [5.74, 6) is 1.09. The standard InChI is InChI=1S/C22H28N2O6S/c1-16(18-7-10-20(21(15-18)29-3)30-13-12-28-2)23-22(25)17-5-8-19(9-6-17)24-11-4-14-31(24,26)27/h5-10,15-16H,4,11-14H2,1-3H3,(H,23,25). The molecule has 1 saturated heterocycles. The molecule has 1 heterocycles. The van der Waals surface area contributed by atoms with Crippen molar-refractivity contribution in [2.45, 2.75) is 19.4 Å². The average molecular weight is 449 g/mol. The topological polar surface area (TPSA) is 94.2 Å². The van der Waals surface area contributed by atoms with Crippen LogP contribution in [0.2, 0.25) is 0 Å². The van der Waals surface area contributed by atoms with Crippen LogP contribution in [0.4, 0.5) is 5.69 Å². The van der Waals surface area contributed by atoms with E-state index >= 15 is 0 Å². The number of hydrogen-bond donors (Lipinski definition) is 1. The predicted octanol–water partition coefficient (Wildman–Crippen LogP) is 2.75. The van der Waals surface area contributed by atoms with Crippen molar-refractivity contribution in [3.63, 3.8) is 0 Å². The maximum absolute atomic E-state index is 12.7. The van der Waals surface area contributed by atoms with E-state index in [1.807, 2.05) is 19.1 Å². The number of methoxy groups -OCH3 is 2. The molecule has 2 aromatic carbocycles. The number of hydrogen-bond acceptors (Lipinski definition) is 6. The number of ether oxygens (including phenoxy) is 3. The number of amides is 1. The van der Waals surface area contributed by atoms with E-state index in [9.17, 15) is 13.2 Å². The first-order valence-electron chi connectivity index (χ1n) is 10.1. The second-order valence-corrected chi connectivity index (χ2v) is 9.25. The summed E-state index contributed by atoms with van der Waals surface area (Å²) in [5, 5.41) is 2.95. The number of rotatable bonds is 9. The van der Waals surface area contributed by atoms with Gasteiger partial charge in [0, 0.05) is 19.2 Å². The Morgan fingerprint density at radius 3 is 2.45 bits per heavy atom. The van der Waals surface area contributed by atoms with Crippen LogP contribution in [-0.4, -0.2) is 54.1 Å². The molecule has 0 aliphatic carbocycles. The number of nitrogens with zero attached hydrogens (tertiary/aromatic N) is 1. The molecule has 0 radical (unpaired) electrons. The zero-order valence-electron chi connectivity index (χ0n) is 18.0. The summed E-state index contributed by atoms with van der Waals surface area (Å²) in [6, 6.07) is 11.8. The summed E-state index contributed by atoms with van der Waals surface area (Å²) in [6.45, 7) is 3.23. The zero-order valence-corrected chi connectivity index (χ0v) is 18.8. The van der Waals surface area contributed by atoms with E-state index < -0.39 is 10.0 Å². The lowest BCUT2D eigenvalue weighted by Gasteiger charge is -2.18.